The van der Waals surface area contributed by atoms with E-state index in [0.717, 1.165) is 33.5 Å². The van der Waals surface area contributed by atoms with Gasteiger partial charge < -0.3 is 9.15 Å². The molecule has 0 saturated heterocycles. The predicted octanol–water partition coefficient (Wildman–Crippen LogP) is 5.37. The Morgan fingerprint density at radius 1 is 1.08 bits per heavy atom. The molecule has 0 aliphatic heterocycles. The van der Waals surface area contributed by atoms with E-state index in [1.165, 1.54) is 0 Å². The molecule has 0 saturated carbocycles. The van der Waals surface area contributed by atoms with Gasteiger partial charge in [-0.05, 0) is 49.2 Å². The Kier molecular flexibility index (Phi) is 5.93. The Bertz CT molecular complexity index is 790. The molecule has 3 rings (SSSR count). The molecule has 0 aliphatic rings. The highest BCUT2D eigenvalue weighted by Gasteiger charge is 2.08. The molecule has 4 nitrogen and oxygen atoms in total. The lowest BCUT2D eigenvalue weighted by atomic mass is 10.2. The molecular formula is C18H17BrN2O2S. The average molecular weight is 405 g/mol. The molecule has 0 unspecified atom stereocenters. The van der Waals surface area contributed by atoms with E-state index >= 15 is 0 Å². The average Bonchev–Trinajstić information content (AvgIpc) is 3.06. The van der Waals surface area contributed by atoms with Crippen molar-refractivity contribution in [2.24, 2.45) is 0 Å². The summed E-state index contributed by atoms with van der Waals surface area (Å²) in [6.07, 6.45) is 0.912. The molecule has 24 heavy (non-hydrogen) atoms. The quantitative estimate of drug-likeness (QED) is 0.391. The molecule has 6 heteroatoms. The van der Waals surface area contributed by atoms with Crippen LogP contribution in [0.5, 0.6) is 5.75 Å². The molecule has 0 radical (unpaired) electrons. The van der Waals surface area contributed by atoms with Gasteiger partial charge >= 0.3 is 0 Å². The third kappa shape index (κ3) is 4.61. The lowest BCUT2D eigenvalue weighted by Gasteiger charge is -2.07. The minimum atomic E-state index is 0.543. The van der Waals surface area contributed by atoms with Crippen molar-refractivity contribution >= 4 is 27.7 Å². The topological polar surface area (TPSA) is 48.2 Å². The standard InChI is InChI=1S/C18H17BrN2O2S/c1-13-5-2-3-6-16(13)22-11-4-12-24-18-21-20-17(23-18)14-7-9-15(19)10-8-14/h2-3,5-10H,4,11-12H2,1H3. The Balaban J connectivity index is 1.44. The van der Waals surface area contributed by atoms with Crippen LogP contribution in [0, 0.1) is 6.92 Å². The summed E-state index contributed by atoms with van der Waals surface area (Å²) in [6, 6.07) is 15.8. The van der Waals surface area contributed by atoms with Crippen LogP contribution >= 0.6 is 27.7 Å². The van der Waals surface area contributed by atoms with Crippen molar-refractivity contribution in [2.45, 2.75) is 18.6 Å². The summed E-state index contributed by atoms with van der Waals surface area (Å²) in [6.45, 7) is 2.72. The number of halogens is 1. The fourth-order valence-corrected chi connectivity index (χ4v) is 3.03. The zero-order valence-electron chi connectivity index (χ0n) is 13.2. The van der Waals surface area contributed by atoms with Crippen molar-refractivity contribution in [1.82, 2.24) is 10.2 Å². The highest BCUT2D eigenvalue weighted by Crippen LogP contribution is 2.25. The number of ether oxygens (including phenoxy) is 1. The molecule has 1 heterocycles. The Hall–Kier alpha value is -1.79. The number of aryl methyl sites for hydroxylation is 1. The number of benzene rings is 2. The molecule has 0 spiro atoms. The number of para-hydroxylation sites is 1. The fraction of sp³-hybridized carbons (Fsp3) is 0.222. The van der Waals surface area contributed by atoms with Crippen molar-refractivity contribution in [3.63, 3.8) is 0 Å². The third-order valence-electron chi connectivity index (χ3n) is 3.36. The van der Waals surface area contributed by atoms with E-state index in [9.17, 15) is 0 Å². The summed E-state index contributed by atoms with van der Waals surface area (Å²) >= 11 is 4.96. The molecule has 0 bridgehead atoms. The number of aromatic nitrogens is 2. The molecule has 124 valence electrons. The number of rotatable bonds is 7. The van der Waals surface area contributed by atoms with Gasteiger partial charge in [-0.2, -0.15) is 0 Å². The van der Waals surface area contributed by atoms with E-state index in [4.69, 9.17) is 9.15 Å². The number of nitrogens with zero attached hydrogens (tertiary/aromatic N) is 2. The lowest BCUT2D eigenvalue weighted by Crippen LogP contribution is -1.99. The van der Waals surface area contributed by atoms with Gasteiger partial charge in [0.15, 0.2) is 0 Å². The number of hydrogen-bond donors (Lipinski definition) is 0. The maximum Gasteiger partial charge on any atom is 0.276 e. The molecule has 2 aromatic carbocycles. The molecule has 0 amide bonds. The molecule has 0 N–H and O–H groups in total. The largest absolute Gasteiger partial charge is 0.493 e. The van der Waals surface area contributed by atoms with Crippen LogP contribution in [0.25, 0.3) is 11.5 Å². The van der Waals surface area contributed by atoms with E-state index in [1.807, 2.05) is 55.5 Å². The zero-order valence-corrected chi connectivity index (χ0v) is 15.6. The van der Waals surface area contributed by atoms with E-state index in [-0.39, 0.29) is 0 Å². The van der Waals surface area contributed by atoms with Crippen LogP contribution in [-0.2, 0) is 0 Å². The van der Waals surface area contributed by atoms with Crippen molar-refractivity contribution < 1.29 is 9.15 Å². The molecular weight excluding hydrogens is 388 g/mol. The van der Waals surface area contributed by atoms with Crippen LogP contribution in [0.2, 0.25) is 0 Å². The van der Waals surface area contributed by atoms with Crippen molar-refractivity contribution in [3.05, 3.63) is 58.6 Å². The zero-order chi connectivity index (χ0) is 16.8. The van der Waals surface area contributed by atoms with Gasteiger partial charge in [0, 0.05) is 15.8 Å². The smallest absolute Gasteiger partial charge is 0.276 e. The first-order valence-electron chi connectivity index (χ1n) is 7.63. The minimum Gasteiger partial charge on any atom is -0.493 e. The molecule has 1 aromatic heterocycles. The monoisotopic (exact) mass is 404 g/mol. The van der Waals surface area contributed by atoms with Gasteiger partial charge in [-0.3, -0.25) is 0 Å². The van der Waals surface area contributed by atoms with E-state index in [1.54, 1.807) is 11.8 Å². The van der Waals surface area contributed by atoms with Gasteiger partial charge in [0.25, 0.3) is 5.22 Å². The van der Waals surface area contributed by atoms with Crippen LogP contribution in [0.4, 0.5) is 0 Å². The highest BCUT2D eigenvalue weighted by atomic mass is 79.9. The Labute approximate surface area is 153 Å². The summed E-state index contributed by atoms with van der Waals surface area (Å²) in [5, 5.41) is 8.76. The van der Waals surface area contributed by atoms with Gasteiger partial charge in [0.1, 0.15) is 5.75 Å². The summed E-state index contributed by atoms with van der Waals surface area (Å²) in [4.78, 5) is 0. The van der Waals surface area contributed by atoms with E-state index in [2.05, 4.69) is 26.1 Å². The highest BCUT2D eigenvalue weighted by molar-refractivity contribution is 9.10. The lowest BCUT2D eigenvalue weighted by molar-refractivity contribution is 0.316. The van der Waals surface area contributed by atoms with Crippen LogP contribution in [0.1, 0.15) is 12.0 Å². The van der Waals surface area contributed by atoms with Gasteiger partial charge in [0.2, 0.25) is 5.89 Å². The van der Waals surface area contributed by atoms with Gasteiger partial charge in [-0.1, -0.05) is 45.9 Å². The van der Waals surface area contributed by atoms with Crippen molar-refractivity contribution in [3.8, 4) is 17.2 Å². The number of hydrogen-bond acceptors (Lipinski definition) is 5. The second-order valence-corrected chi connectivity index (χ2v) is 7.16. The molecule has 0 atom stereocenters. The molecule has 3 aromatic rings. The summed E-state index contributed by atoms with van der Waals surface area (Å²) < 4.78 is 12.5. The van der Waals surface area contributed by atoms with Crippen LogP contribution in [0.3, 0.4) is 0 Å². The Morgan fingerprint density at radius 2 is 1.88 bits per heavy atom. The predicted molar refractivity (Wildman–Crippen MR) is 99.4 cm³/mol. The van der Waals surface area contributed by atoms with E-state index in [0.29, 0.717) is 17.7 Å². The summed E-state index contributed by atoms with van der Waals surface area (Å²) in [7, 11) is 0. The second-order valence-electron chi connectivity index (χ2n) is 5.20. The van der Waals surface area contributed by atoms with Crippen molar-refractivity contribution in [1.29, 1.82) is 0 Å². The van der Waals surface area contributed by atoms with Crippen molar-refractivity contribution in [2.75, 3.05) is 12.4 Å². The Morgan fingerprint density at radius 3 is 2.67 bits per heavy atom. The molecule has 0 fully saturated rings. The normalized spacial score (nSPS) is 10.8. The fourth-order valence-electron chi connectivity index (χ4n) is 2.10. The maximum atomic E-state index is 5.78. The first-order chi connectivity index (χ1) is 11.7. The first kappa shape index (κ1) is 17.0. The summed E-state index contributed by atoms with van der Waals surface area (Å²) in [5.41, 5.74) is 2.07. The van der Waals surface area contributed by atoms with Crippen LogP contribution < -0.4 is 4.74 Å². The van der Waals surface area contributed by atoms with Gasteiger partial charge in [0.05, 0.1) is 6.61 Å². The maximum absolute atomic E-state index is 5.78. The minimum absolute atomic E-state index is 0.543. The SMILES string of the molecule is Cc1ccccc1OCCCSc1nnc(-c2ccc(Br)cc2)o1. The van der Waals surface area contributed by atoms with Gasteiger partial charge in [-0.25, -0.2) is 0 Å². The van der Waals surface area contributed by atoms with Crippen LogP contribution in [0.15, 0.2) is 62.6 Å². The third-order valence-corrected chi connectivity index (χ3v) is 4.80. The van der Waals surface area contributed by atoms with E-state index < -0.39 is 0 Å². The number of thioether (sulfide) groups is 1. The summed E-state index contributed by atoms with van der Waals surface area (Å²) in [5.74, 6) is 2.35. The second kappa shape index (κ2) is 8.35. The first-order valence-corrected chi connectivity index (χ1v) is 9.41. The van der Waals surface area contributed by atoms with Crippen LogP contribution in [-0.4, -0.2) is 22.6 Å². The van der Waals surface area contributed by atoms with Gasteiger partial charge in [-0.15, -0.1) is 10.2 Å². The molecule has 0 aliphatic carbocycles.